The predicted molar refractivity (Wildman–Crippen MR) is 94.4 cm³/mol. The molecule has 0 radical (unpaired) electrons. The Balaban J connectivity index is 1.49. The maximum absolute atomic E-state index is 5.96. The fourth-order valence-corrected chi connectivity index (χ4v) is 3.33. The van der Waals surface area contributed by atoms with Crippen molar-refractivity contribution in [1.82, 2.24) is 14.6 Å². The van der Waals surface area contributed by atoms with E-state index in [0.717, 1.165) is 47.5 Å². The van der Waals surface area contributed by atoms with Crippen LogP contribution >= 0.6 is 0 Å². The van der Waals surface area contributed by atoms with Crippen LogP contribution < -0.4 is 10.5 Å². The molecule has 6 heteroatoms. The van der Waals surface area contributed by atoms with E-state index in [9.17, 15) is 0 Å². The molecule has 3 aromatic heterocycles. The Morgan fingerprint density at radius 3 is 2.92 bits per heavy atom. The van der Waals surface area contributed by atoms with Crippen LogP contribution in [-0.2, 0) is 0 Å². The molecule has 0 bridgehead atoms. The number of hydrogen-bond acceptors (Lipinski definition) is 5. The SMILES string of the molecule is NCC1CC(Oc2ccc3ncc(-c4cc5ccccc5o4)n3n2)C1. The number of nitrogens with two attached hydrogens (primary N) is 1. The lowest BCUT2D eigenvalue weighted by Crippen LogP contribution is -2.38. The topological polar surface area (TPSA) is 78.6 Å². The van der Waals surface area contributed by atoms with E-state index in [1.807, 2.05) is 42.5 Å². The molecule has 1 aliphatic carbocycles. The Hall–Kier alpha value is -2.86. The summed E-state index contributed by atoms with van der Waals surface area (Å²) < 4.78 is 13.7. The number of nitrogens with zero attached hydrogens (tertiary/aromatic N) is 3. The van der Waals surface area contributed by atoms with Crippen LogP contribution in [0.3, 0.4) is 0 Å². The Morgan fingerprint density at radius 1 is 1.20 bits per heavy atom. The van der Waals surface area contributed by atoms with Gasteiger partial charge in [0.15, 0.2) is 11.4 Å². The van der Waals surface area contributed by atoms with Gasteiger partial charge in [0.05, 0.1) is 6.20 Å². The van der Waals surface area contributed by atoms with Gasteiger partial charge in [-0.25, -0.2) is 9.50 Å². The molecule has 0 atom stereocenters. The molecule has 1 aliphatic rings. The third kappa shape index (κ3) is 2.46. The van der Waals surface area contributed by atoms with Gasteiger partial charge in [0.1, 0.15) is 17.4 Å². The van der Waals surface area contributed by atoms with Crippen molar-refractivity contribution in [3.63, 3.8) is 0 Å². The highest BCUT2D eigenvalue weighted by Gasteiger charge is 2.30. The van der Waals surface area contributed by atoms with Crippen molar-refractivity contribution in [2.75, 3.05) is 6.54 Å². The molecular formula is C19H18N4O2. The van der Waals surface area contributed by atoms with Crippen molar-refractivity contribution in [1.29, 1.82) is 0 Å². The van der Waals surface area contributed by atoms with Gasteiger partial charge in [0.2, 0.25) is 5.88 Å². The van der Waals surface area contributed by atoms with E-state index in [1.165, 1.54) is 0 Å². The van der Waals surface area contributed by atoms with Crippen LogP contribution in [0, 0.1) is 5.92 Å². The zero-order chi connectivity index (χ0) is 16.8. The molecule has 0 saturated heterocycles. The largest absolute Gasteiger partial charge is 0.473 e. The average molecular weight is 334 g/mol. The summed E-state index contributed by atoms with van der Waals surface area (Å²) >= 11 is 0. The Bertz CT molecular complexity index is 1010. The minimum atomic E-state index is 0.205. The van der Waals surface area contributed by atoms with Crippen molar-refractivity contribution >= 4 is 16.6 Å². The van der Waals surface area contributed by atoms with E-state index < -0.39 is 0 Å². The van der Waals surface area contributed by atoms with E-state index in [1.54, 1.807) is 10.7 Å². The quantitative estimate of drug-likeness (QED) is 0.620. The molecule has 25 heavy (non-hydrogen) atoms. The first-order valence-corrected chi connectivity index (χ1v) is 8.50. The number of para-hydroxylation sites is 1. The molecule has 0 unspecified atom stereocenters. The second-order valence-corrected chi connectivity index (χ2v) is 6.55. The van der Waals surface area contributed by atoms with Crippen LogP contribution in [0.4, 0.5) is 0 Å². The molecule has 1 aromatic carbocycles. The minimum absolute atomic E-state index is 0.205. The van der Waals surface area contributed by atoms with Gasteiger partial charge in [0, 0.05) is 11.5 Å². The number of aromatic nitrogens is 3. The zero-order valence-corrected chi connectivity index (χ0v) is 13.6. The molecule has 5 rings (SSSR count). The summed E-state index contributed by atoms with van der Waals surface area (Å²) in [5.41, 5.74) is 8.09. The average Bonchev–Trinajstić information content (AvgIpc) is 3.20. The van der Waals surface area contributed by atoms with Gasteiger partial charge in [0.25, 0.3) is 0 Å². The number of rotatable bonds is 4. The molecule has 0 spiro atoms. The molecule has 0 aliphatic heterocycles. The number of fused-ring (bicyclic) bond motifs is 2. The highest BCUT2D eigenvalue weighted by atomic mass is 16.5. The number of furan rings is 1. The first-order chi connectivity index (χ1) is 12.3. The predicted octanol–water partition coefficient (Wildman–Crippen LogP) is 3.26. The molecule has 1 fully saturated rings. The molecule has 3 heterocycles. The summed E-state index contributed by atoms with van der Waals surface area (Å²) in [5, 5.41) is 5.65. The summed E-state index contributed by atoms with van der Waals surface area (Å²) in [6.07, 6.45) is 3.97. The molecule has 6 nitrogen and oxygen atoms in total. The molecule has 126 valence electrons. The number of imidazole rings is 1. The number of benzene rings is 1. The van der Waals surface area contributed by atoms with E-state index >= 15 is 0 Å². The normalized spacial score (nSPS) is 20.0. The van der Waals surface area contributed by atoms with Crippen molar-refractivity contribution in [3.05, 3.63) is 48.7 Å². The summed E-state index contributed by atoms with van der Waals surface area (Å²) in [5.74, 6) is 1.92. The molecule has 1 saturated carbocycles. The third-order valence-corrected chi connectivity index (χ3v) is 4.83. The van der Waals surface area contributed by atoms with Gasteiger partial charge < -0.3 is 14.9 Å². The van der Waals surface area contributed by atoms with E-state index in [-0.39, 0.29) is 6.10 Å². The number of ether oxygens (including phenoxy) is 1. The Labute approximate surface area is 144 Å². The standard InChI is InChI=1S/C19H18N4O2/c20-10-12-7-14(8-12)24-19-6-5-18-21-11-15(23(18)22-19)17-9-13-3-1-2-4-16(13)25-17/h1-6,9,11-12,14H,7-8,10,20H2. The van der Waals surface area contributed by atoms with Gasteiger partial charge in [-0.15, -0.1) is 5.10 Å². The Morgan fingerprint density at radius 2 is 2.08 bits per heavy atom. The summed E-state index contributed by atoms with van der Waals surface area (Å²) in [7, 11) is 0. The summed E-state index contributed by atoms with van der Waals surface area (Å²) in [4.78, 5) is 4.41. The maximum Gasteiger partial charge on any atom is 0.232 e. The zero-order valence-electron chi connectivity index (χ0n) is 13.6. The molecule has 0 amide bonds. The number of hydrogen-bond donors (Lipinski definition) is 1. The van der Waals surface area contributed by atoms with Crippen molar-refractivity contribution in [2.24, 2.45) is 11.7 Å². The fourth-order valence-electron chi connectivity index (χ4n) is 3.33. The van der Waals surface area contributed by atoms with Crippen LogP contribution in [0.2, 0.25) is 0 Å². The first kappa shape index (κ1) is 14.5. The third-order valence-electron chi connectivity index (χ3n) is 4.83. The summed E-state index contributed by atoms with van der Waals surface area (Å²) in [6.45, 7) is 0.726. The van der Waals surface area contributed by atoms with Crippen LogP contribution in [0.25, 0.3) is 28.1 Å². The van der Waals surface area contributed by atoms with Gasteiger partial charge in [-0.2, -0.15) is 0 Å². The highest BCUT2D eigenvalue weighted by Crippen LogP contribution is 2.31. The van der Waals surface area contributed by atoms with Crippen LogP contribution in [0.1, 0.15) is 12.8 Å². The van der Waals surface area contributed by atoms with Crippen molar-refractivity contribution < 1.29 is 9.15 Å². The first-order valence-electron chi connectivity index (χ1n) is 8.50. The van der Waals surface area contributed by atoms with Crippen molar-refractivity contribution in [3.8, 4) is 17.3 Å². The van der Waals surface area contributed by atoms with Crippen molar-refractivity contribution in [2.45, 2.75) is 18.9 Å². The van der Waals surface area contributed by atoms with E-state index in [0.29, 0.717) is 11.8 Å². The smallest absolute Gasteiger partial charge is 0.232 e. The summed E-state index contributed by atoms with van der Waals surface area (Å²) in [6, 6.07) is 13.7. The second kappa shape index (κ2) is 5.60. The lowest BCUT2D eigenvalue weighted by molar-refractivity contribution is 0.0638. The van der Waals surface area contributed by atoms with Gasteiger partial charge in [-0.05, 0) is 43.5 Å². The van der Waals surface area contributed by atoms with Gasteiger partial charge >= 0.3 is 0 Å². The van der Waals surface area contributed by atoms with E-state index in [4.69, 9.17) is 14.9 Å². The lowest BCUT2D eigenvalue weighted by Gasteiger charge is -2.33. The second-order valence-electron chi connectivity index (χ2n) is 6.55. The highest BCUT2D eigenvalue weighted by molar-refractivity contribution is 5.82. The van der Waals surface area contributed by atoms with Gasteiger partial charge in [-0.3, -0.25) is 0 Å². The molecule has 4 aromatic rings. The molecule has 2 N–H and O–H groups in total. The monoisotopic (exact) mass is 334 g/mol. The minimum Gasteiger partial charge on any atom is -0.473 e. The maximum atomic E-state index is 5.96. The van der Waals surface area contributed by atoms with Gasteiger partial charge in [-0.1, -0.05) is 18.2 Å². The molecular weight excluding hydrogens is 316 g/mol. The Kier molecular flexibility index (Phi) is 3.24. The van der Waals surface area contributed by atoms with E-state index in [2.05, 4.69) is 10.1 Å². The van der Waals surface area contributed by atoms with Crippen LogP contribution in [-0.4, -0.2) is 27.2 Å². The lowest BCUT2D eigenvalue weighted by atomic mass is 9.82. The van der Waals surface area contributed by atoms with Crippen LogP contribution in [0.5, 0.6) is 5.88 Å². The van der Waals surface area contributed by atoms with Crippen LogP contribution in [0.15, 0.2) is 53.1 Å². The fraction of sp³-hybridized carbons (Fsp3) is 0.263.